The maximum Gasteiger partial charge on any atom is 0.336 e. The Morgan fingerprint density at radius 3 is 2.44 bits per heavy atom. The number of rotatable bonds is 9. The molecule has 1 atom stereocenters. The molecule has 0 saturated carbocycles. The van der Waals surface area contributed by atoms with E-state index in [0.29, 0.717) is 40.2 Å². The van der Waals surface area contributed by atoms with Crippen molar-refractivity contribution in [3.05, 3.63) is 88.3 Å². The normalized spacial score (nSPS) is 14.5. The molecule has 2 aromatic heterocycles. The first-order chi connectivity index (χ1) is 21.7. The fraction of sp³-hybridized carbons (Fsp3) is 0.219. The molecule has 45 heavy (non-hydrogen) atoms. The topological polar surface area (TPSA) is 132 Å². The first kappa shape index (κ1) is 29.8. The third kappa shape index (κ3) is 6.20. The number of hydrogen-bond acceptors (Lipinski definition) is 12. The summed E-state index contributed by atoms with van der Waals surface area (Å²) in [4.78, 5) is 41.7. The van der Waals surface area contributed by atoms with Crippen molar-refractivity contribution >= 4 is 51.9 Å². The van der Waals surface area contributed by atoms with Crippen LogP contribution in [0.3, 0.4) is 0 Å². The van der Waals surface area contributed by atoms with Gasteiger partial charge in [-0.2, -0.15) is 15.0 Å². The van der Waals surface area contributed by atoms with E-state index in [2.05, 4.69) is 20.3 Å². The molecule has 0 spiro atoms. The van der Waals surface area contributed by atoms with Crippen molar-refractivity contribution in [1.29, 1.82) is 0 Å². The van der Waals surface area contributed by atoms with Crippen LogP contribution in [0.1, 0.15) is 16.5 Å². The minimum absolute atomic E-state index is 0.0125. The van der Waals surface area contributed by atoms with Gasteiger partial charge in [0.1, 0.15) is 16.7 Å². The summed E-state index contributed by atoms with van der Waals surface area (Å²) >= 11 is 1.55. The fourth-order valence-electron chi connectivity index (χ4n) is 4.91. The molecule has 1 fully saturated rings. The average Bonchev–Trinajstić information content (AvgIpc) is 3.41. The number of nitrogens with one attached hydrogen (secondary N) is 1. The Morgan fingerprint density at radius 2 is 1.71 bits per heavy atom. The van der Waals surface area contributed by atoms with Gasteiger partial charge in [0.15, 0.2) is 11.5 Å². The highest BCUT2D eigenvalue weighted by Gasteiger charge is 2.34. The molecule has 0 bridgehead atoms. The van der Waals surface area contributed by atoms with Crippen LogP contribution in [0.25, 0.3) is 11.0 Å². The Labute approximate surface area is 263 Å². The van der Waals surface area contributed by atoms with Gasteiger partial charge in [-0.1, -0.05) is 6.07 Å². The molecule has 0 radical (unpaired) electrons. The molecule has 1 unspecified atom stereocenters. The average molecular weight is 627 g/mol. The zero-order valence-corrected chi connectivity index (χ0v) is 26.0. The number of methoxy groups -OCH3 is 2. The zero-order chi connectivity index (χ0) is 31.7. The van der Waals surface area contributed by atoms with Gasteiger partial charge in [0.25, 0.3) is 0 Å². The SMILES string of the molecule is COc1ccc(C2SCC(=O)N2c2ccc(Nc3nc(Oc4ccc5c(C)cc(=O)oc5c4)nc(N(C)C)n3)cc2)cc1OC. The van der Waals surface area contributed by atoms with Crippen LogP contribution in [-0.4, -0.2) is 54.9 Å². The largest absolute Gasteiger partial charge is 0.493 e. The maximum absolute atomic E-state index is 13.0. The molecule has 1 saturated heterocycles. The van der Waals surface area contributed by atoms with Crippen LogP contribution < -0.4 is 35.0 Å². The van der Waals surface area contributed by atoms with Gasteiger partial charge >= 0.3 is 11.6 Å². The second-order valence-corrected chi connectivity index (χ2v) is 11.4. The number of carbonyl (C=O) groups is 1. The number of anilines is 4. The zero-order valence-electron chi connectivity index (χ0n) is 25.2. The van der Waals surface area contributed by atoms with E-state index in [-0.39, 0.29) is 23.2 Å². The fourth-order valence-corrected chi connectivity index (χ4v) is 6.08. The lowest BCUT2D eigenvalue weighted by atomic mass is 10.1. The third-order valence-corrected chi connectivity index (χ3v) is 8.31. The van der Waals surface area contributed by atoms with E-state index in [1.54, 1.807) is 47.9 Å². The molecule has 1 N–H and O–H groups in total. The smallest absolute Gasteiger partial charge is 0.336 e. The first-order valence-corrected chi connectivity index (χ1v) is 15.0. The van der Waals surface area contributed by atoms with E-state index in [1.165, 1.54) is 6.07 Å². The van der Waals surface area contributed by atoms with E-state index < -0.39 is 5.63 Å². The number of nitrogens with zero attached hydrogens (tertiary/aromatic N) is 5. The molecule has 13 heteroatoms. The van der Waals surface area contributed by atoms with Crippen LogP contribution in [0.2, 0.25) is 0 Å². The van der Waals surface area contributed by atoms with Crippen molar-refractivity contribution in [3.8, 4) is 23.3 Å². The molecule has 230 valence electrons. The number of ether oxygens (including phenoxy) is 3. The number of carbonyl (C=O) groups excluding carboxylic acids is 1. The highest BCUT2D eigenvalue weighted by Crippen LogP contribution is 2.44. The number of benzene rings is 3. The van der Waals surface area contributed by atoms with E-state index in [4.69, 9.17) is 18.6 Å². The number of aromatic nitrogens is 3. The van der Waals surface area contributed by atoms with Gasteiger partial charge in [0, 0.05) is 43.0 Å². The number of fused-ring (bicyclic) bond motifs is 1. The number of thioether (sulfide) groups is 1. The third-order valence-electron chi connectivity index (χ3n) is 7.10. The van der Waals surface area contributed by atoms with Crippen molar-refractivity contribution in [3.63, 3.8) is 0 Å². The molecule has 0 aliphatic carbocycles. The number of hydrogen-bond donors (Lipinski definition) is 1. The van der Waals surface area contributed by atoms with Crippen LogP contribution in [0.5, 0.6) is 23.3 Å². The van der Waals surface area contributed by atoms with Crippen LogP contribution in [0.15, 0.2) is 75.9 Å². The van der Waals surface area contributed by atoms with Gasteiger partial charge in [-0.05, 0) is 66.6 Å². The Bertz CT molecular complexity index is 1950. The maximum atomic E-state index is 13.0. The van der Waals surface area contributed by atoms with E-state index in [0.717, 1.165) is 22.2 Å². The van der Waals surface area contributed by atoms with Crippen LogP contribution in [0.4, 0.5) is 23.3 Å². The summed E-state index contributed by atoms with van der Waals surface area (Å²) in [5, 5.41) is 3.80. The molecule has 1 aliphatic heterocycles. The molecule has 6 rings (SSSR count). The minimum Gasteiger partial charge on any atom is -0.493 e. The molecular weight excluding hydrogens is 596 g/mol. The minimum atomic E-state index is -0.436. The van der Waals surface area contributed by atoms with Gasteiger partial charge in [0.2, 0.25) is 17.8 Å². The molecule has 5 aromatic rings. The van der Waals surface area contributed by atoms with E-state index in [9.17, 15) is 9.59 Å². The predicted molar refractivity (Wildman–Crippen MR) is 173 cm³/mol. The van der Waals surface area contributed by atoms with Gasteiger partial charge < -0.3 is 28.8 Å². The summed E-state index contributed by atoms with van der Waals surface area (Å²) in [5.41, 5.74) is 3.16. The first-order valence-electron chi connectivity index (χ1n) is 13.9. The molecule has 12 nitrogen and oxygen atoms in total. The highest BCUT2D eigenvalue weighted by molar-refractivity contribution is 8.00. The Hall–Kier alpha value is -5.30. The summed E-state index contributed by atoms with van der Waals surface area (Å²) in [6.07, 6.45) is 0. The lowest BCUT2D eigenvalue weighted by molar-refractivity contribution is -0.115. The lowest BCUT2D eigenvalue weighted by Crippen LogP contribution is -2.27. The monoisotopic (exact) mass is 626 g/mol. The van der Waals surface area contributed by atoms with Crippen molar-refractivity contribution in [2.45, 2.75) is 12.3 Å². The standard InChI is InChI=1S/C32H30N6O6S/c1-18-14-28(40)44-25-16-22(11-12-23(18)25)43-32-35-30(34-31(36-32)37(2)3)33-20-7-9-21(10-8-20)38-27(39)17-45-29(38)19-6-13-24(41-4)26(15-19)42-5/h6-16,29H,17H2,1-5H3,(H,33,34,35,36). The highest BCUT2D eigenvalue weighted by atomic mass is 32.2. The van der Waals surface area contributed by atoms with Gasteiger partial charge in [0.05, 0.1) is 20.0 Å². The van der Waals surface area contributed by atoms with Crippen molar-refractivity contribution in [2.75, 3.05) is 49.2 Å². The summed E-state index contributed by atoms with van der Waals surface area (Å²) < 4.78 is 22.2. The molecule has 1 aliphatic rings. The summed E-state index contributed by atoms with van der Waals surface area (Å²) in [5.74, 6) is 2.65. The van der Waals surface area contributed by atoms with E-state index >= 15 is 0 Å². The Morgan fingerprint density at radius 1 is 0.933 bits per heavy atom. The second kappa shape index (κ2) is 12.4. The van der Waals surface area contributed by atoms with Crippen LogP contribution in [0, 0.1) is 6.92 Å². The van der Waals surface area contributed by atoms with Gasteiger partial charge in [-0.3, -0.25) is 9.69 Å². The molecule has 3 aromatic carbocycles. The van der Waals surface area contributed by atoms with Crippen molar-refractivity contribution in [2.24, 2.45) is 0 Å². The summed E-state index contributed by atoms with van der Waals surface area (Å²) in [6, 6.07) is 19.8. The summed E-state index contributed by atoms with van der Waals surface area (Å²) in [7, 11) is 6.80. The lowest BCUT2D eigenvalue weighted by Gasteiger charge is -2.25. The molecule has 1 amide bonds. The van der Waals surface area contributed by atoms with Crippen LogP contribution >= 0.6 is 11.8 Å². The van der Waals surface area contributed by atoms with Crippen molar-refractivity contribution in [1.82, 2.24) is 15.0 Å². The van der Waals surface area contributed by atoms with Crippen LogP contribution in [-0.2, 0) is 4.79 Å². The van der Waals surface area contributed by atoms with Crippen molar-refractivity contribution < 1.29 is 23.4 Å². The summed E-state index contributed by atoms with van der Waals surface area (Å²) in [6.45, 7) is 1.85. The molecule has 3 heterocycles. The van der Waals surface area contributed by atoms with E-state index in [1.807, 2.05) is 69.6 Å². The Kier molecular flexibility index (Phi) is 8.18. The predicted octanol–water partition coefficient (Wildman–Crippen LogP) is 5.68. The quantitative estimate of drug-likeness (QED) is 0.202. The number of amides is 1. The Balaban J connectivity index is 1.23. The molecular formula is C32H30N6O6S. The van der Waals surface area contributed by atoms with Gasteiger partial charge in [-0.15, -0.1) is 11.8 Å². The van der Waals surface area contributed by atoms with Gasteiger partial charge in [-0.25, -0.2) is 4.79 Å². The number of aryl methyl sites for hydroxylation is 1. The second-order valence-electron chi connectivity index (χ2n) is 10.4.